The first-order chi connectivity index (χ1) is 6.65. The zero-order chi connectivity index (χ0) is 10.6. The third-order valence-electron chi connectivity index (χ3n) is 2.28. The van der Waals surface area contributed by atoms with Crippen LogP contribution in [0.25, 0.3) is 0 Å². The lowest BCUT2D eigenvalue weighted by Gasteiger charge is -2.07. The summed E-state index contributed by atoms with van der Waals surface area (Å²) in [5.41, 5.74) is 7.39. The van der Waals surface area contributed by atoms with Crippen LogP contribution in [0.1, 0.15) is 24.0 Å². The number of benzene rings is 1. The number of hydrogen-bond donors (Lipinski definition) is 2. The molecule has 1 aromatic rings. The normalized spacial score (nSPS) is 11.6. The van der Waals surface area contributed by atoms with Crippen LogP contribution in [0.2, 0.25) is 0 Å². The van der Waals surface area contributed by atoms with Gasteiger partial charge in [-0.2, -0.15) is 0 Å². The first-order valence-electron chi connectivity index (χ1n) is 4.67. The van der Waals surface area contributed by atoms with Crippen molar-refractivity contribution in [1.82, 2.24) is 0 Å². The average Bonchev–Trinajstić information content (AvgIpc) is 2.18. The largest absolute Gasteiger partial charge is 0.481 e. The maximum Gasteiger partial charge on any atom is 0.310 e. The van der Waals surface area contributed by atoms with E-state index < -0.39 is 11.9 Å². The number of aliphatic carboxylic acids is 1. The number of nitrogens with two attached hydrogens (primary N) is 1. The molecule has 0 radical (unpaired) electrons. The summed E-state index contributed by atoms with van der Waals surface area (Å²) in [5.74, 6) is -1.24. The summed E-state index contributed by atoms with van der Waals surface area (Å²) in [6, 6.07) is 7.57. The smallest absolute Gasteiger partial charge is 0.310 e. The fourth-order valence-electron chi connectivity index (χ4n) is 1.28. The van der Waals surface area contributed by atoms with Crippen LogP contribution in [-0.2, 0) is 11.2 Å². The second kappa shape index (κ2) is 6.43. The van der Waals surface area contributed by atoms with Gasteiger partial charge in [0.2, 0.25) is 0 Å². The summed E-state index contributed by atoms with van der Waals surface area (Å²) >= 11 is 0. The Labute approximate surface area is 95.7 Å². The van der Waals surface area contributed by atoms with Crippen molar-refractivity contribution in [2.75, 3.05) is 6.54 Å². The number of hydrogen-bond acceptors (Lipinski definition) is 2. The van der Waals surface area contributed by atoms with Gasteiger partial charge in [-0.25, -0.2) is 0 Å². The highest BCUT2D eigenvalue weighted by Crippen LogP contribution is 2.15. The molecule has 3 nitrogen and oxygen atoms in total. The van der Waals surface area contributed by atoms with Crippen LogP contribution < -0.4 is 5.73 Å². The number of rotatable bonds is 4. The first kappa shape index (κ1) is 13.9. The van der Waals surface area contributed by atoms with Gasteiger partial charge >= 0.3 is 5.97 Å². The van der Waals surface area contributed by atoms with Crippen molar-refractivity contribution in [3.05, 3.63) is 35.4 Å². The minimum Gasteiger partial charge on any atom is -0.481 e. The van der Waals surface area contributed by atoms with Crippen molar-refractivity contribution in [2.24, 2.45) is 5.73 Å². The lowest BCUT2D eigenvalue weighted by atomic mass is 9.99. The topological polar surface area (TPSA) is 63.3 Å². The van der Waals surface area contributed by atoms with E-state index in [1.165, 1.54) is 0 Å². The number of halogens is 1. The van der Waals surface area contributed by atoms with Crippen molar-refractivity contribution in [3.8, 4) is 0 Å². The molecule has 0 aliphatic carbocycles. The van der Waals surface area contributed by atoms with E-state index in [2.05, 4.69) is 0 Å². The Balaban J connectivity index is 0.00000196. The molecule has 1 unspecified atom stereocenters. The molecule has 0 amide bonds. The molecule has 0 heterocycles. The monoisotopic (exact) mass is 229 g/mol. The minimum atomic E-state index is -0.795. The SMILES string of the molecule is CC(C(=O)O)c1ccc(CCN)cc1.Cl. The molecule has 0 aliphatic rings. The van der Waals surface area contributed by atoms with Crippen LogP contribution in [0.4, 0.5) is 0 Å². The first-order valence-corrected chi connectivity index (χ1v) is 4.67. The van der Waals surface area contributed by atoms with E-state index >= 15 is 0 Å². The molecule has 0 spiro atoms. The Kier molecular flexibility index (Phi) is 5.97. The lowest BCUT2D eigenvalue weighted by Crippen LogP contribution is -2.07. The van der Waals surface area contributed by atoms with E-state index in [1.807, 2.05) is 24.3 Å². The molecule has 1 aromatic carbocycles. The van der Waals surface area contributed by atoms with Crippen molar-refractivity contribution < 1.29 is 9.90 Å². The summed E-state index contributed by atoms with van der Waals surface area (Å²) in [6.07, 6.45) is 0.835. The molecule has 15 heavy (non-hydrogen) atoms. The Morgan fingerprint density at radius 2 is 1.93 bits per heavy atom. The molecule has 84 valence electrons. The molecule has 0 aromatic heterocycles. The van der Waals surface area contributed by atoms with Crippen LogP contribution >= 0.6 is 12.4 Å². The second-order valence-electron chi connectivity index (χ2n) is 3.34. The summed E-state index contributed by atoms with van der Waals surface area (Å²) in [6.45, 7) is 2.30. The van der Waals surface area contributed by atoms with Gasteiger partial charge in [-0.15, -0.1) is 12.4 Å². The molecule has 0 fully saturated rings. The Morgan fingerprint density at radius 1 is 1.40 bits per heavy atom. The lowest BCUT2D eigenvalue weighted by molar-refractivity contribution is -0.138. The quantitative estimate of drug-likeness (QED) is 0.828. The fraction of sp³-hybridized carbons (Fsp3) is 0.364. The van der Waals surface area contributed by atoms with E-state index in [0.29, 0.717) is 6.54 Å². The highest BCUT2D eigenvalue weighted by Gasteiger charge is 2.12. The van der Waals surface area contributed by atoms with E-state index in [9.17, 15) is 4.79 Å². The van der Waals surface area contributed by atoms with Gasteiger partial charge in [-0.05, 0) is 31.0 Å². The van der Waals surface area contributed by atoms with Crippen LogP contribution in [0.15, 0.2) is 24.3 Å². The highest BCUT2D eigenvalue weighted by atomic mass is 35.5. The summed E-state index contributed by atoms with van der Waals surface area (Å²) in [7, 11) is 0. The van der Waals surface area contributed by atoms with Crippen molar-refractivity contribution in [2.45, 2.75) is 19.3 Å². The van der Waals surface area contributed by atoms with Crippen molar-refractivity contribution in [1.29, 1.82) is 0 Å². The van der Waals surface area contributed by atoms with Crippen LogP contribution in [0, 0.1) is 0 Å². The molecule has 3 N–H and O–H groups in total. The van der Waals surface area contributed by atoms with Gasteiger partial charge < -0.3 is 10.8 Å². The molecule has 0 saturated heterocycles. The molecule has 1 atom stereocenters. The predicted molar refractivity (Wildman–Crippen MR) is 62.5 cm³/mol. The number of carbonyl (C=O) groups is 1. The van der Waals surface area contributed by atoms with Gasteiger partial charge in [0, 0.05) is 0 Å². The van der Waals surface area contributed by atoms with Gasteiger partial charge in [-0.1, -0.05) is 24.3 Å². The van der Waals surface area contributed by atoms with Crippen molar-refractivity contribution >= 4 is 18.4 Å². The second-order valence-corrected chi connectivity index (χ2v) is 3.34. The predicted octanol–water partition coefficient (Wildman–Crippen LogP) is 1.80. The van der Waals surface area contributed by atoms with Crippen LogP contribution in [0.3, 0.4) is 0 Å². The highest BCUT2D eigenvalue weighted by molar-refractivity contribution is 5.85. The third kappa shape index (κ3) is 3.90. The van der Waals surface area contributed by atoms with Gasteiger partial charge in [0.1, 0.15) is 0 Å². The Morgan fingerprint density at radius 3 is 2.33 bits per heavy atom. The van der Waals surface area contributed by atoms with Gasteiger partial charge in [-0.3, -0.25) is 4.79 Å². The zero-order valence-electron chi connectivity index (χ0n) is 8.64. The molecule has 4 heteroatoms. The van der Waals surface area contributed by atoms with E-state index in [4.69, 9.17) is 10.8 Å². The number of carboxylic acid groups (broad SMARTS) is 1. The Bertz CT molecular complexity index is 311. The van der Waals surface area contributed by atoms with Gasteiger partial charge in [0.25, 0.3) is 0 Å². The van der Waals surface area contributed by atoms with Crippen molar-refractivity contribution in [3.63, 3.8) is 0 Å². The standard InChI is InChI=1S/C11H15NO2.ClH/c1-8(11(13)14)10-4-2-9(3-5-10)6-7-12;/h2-5,8H,6-7,12H2,1H3,(H,13,14);1H. The van der Waals surface area contributed by atoms with E-state index in [0.717, 1.165) is 17.5 Å². The van der Waals surface area contributed by atoms with Gasteiger partial charge in [0.05, 0.1) is 5.92 Å². The summed E-state index contributed by atoms with van der Waals surface area (Å²) in [4.78, 5) is 10.7. The van der Waals surface area contributed by atoms with Crippen LogP contribution in [0.5, 0.6) is 0 Å². The maximum absolute atomic E-state index is 10.7. The fourth-order valence-corrected chi connectivity index (χ4v) is 1.28. The maximum atomic E-state index is 10.7. The van der Waals surface area contributed by atoms with Crippen LogP contribution in [-0.4, -0.2) is 17.6 Å². The number of carboxylic acids is 1. The Hall–Kier alpha value is -1.06. The zero-order valence-corrected chi connectivity index (χ0v) is 9.46. The molecule has 1 rings (SSSR count). The summed E-state index contributed by atoms with van der Waals surface area (Å²) in [5, 5.41) is 8.79. The summed E-state index contributed by atoms with van der Waals surface area (Å²) < 4.78 is 0. The molecule has 0 aliphatic heterocycles. The minimum absolute atomic E-state index is 0. The third-order valence-corrected chi connectivity index (χ3v) is 2.28. The molecule has 0 saturated carbocycles. The van der Waals surface area contributed by atoms with E-state index in [-0.39, 0.29) is 12.4 Å². The van der Waals surface area contributed by atoms with E-state index in [1.54, 1.807) is 6.92 Å². The molecule has 0 bridgehead atoms. The van der Waals surface area contributed by atoms with Gasteiger partial charge in [0.15, 0.2) is 0 Å². The molecular weight excluding hydrogens is 214 g/mol. The molecular formula is C11H16ClNO2. The average molecular weight is 230 g/mol.